The zero-order valence-corrected chi connectivity index (χ0v) is 7.79. The van der Waals surface area contributed by atoms with Crippen molar-refractivity contribution in [2.75, 3.05) is 0 Å². The van der Waals surface area contributed by atoms with E-state index in [-0.39, 0.29) is 52.8 Å². The molecule has 0 aromatic heterocycles. The van der Waals surface area contributed by atoms with Crippen molar-refractivity contribution in [1.29, 1.82) is 0 Å². The Morgan fingerprint density at radius 1 is 1.20 bits per heavy atom. The molecular weight excluding hydrogens is 162 g/mol. The number of rotatable bonds is 0. The van der Waals surface area contributed by atoms with E-state index in [1.165, 1.54) is 0 Å². The third-order valence-corrected chi connectivity index (χ3v) is 0. The molecule has 0 heterocycles. The first-order valence-electron chi connectivity index (χ1n) is 0.600. The Bertz CT molecular complexity index is 15.5. The SMILES string of the molecule is O[As](O)O.[H-].[K+]. The predicted octanol–water partition coefficient (Wildman–Crippen LogP) is -4.94. The molecule has 0 spiro atoms. The van der Waals surface area contributed by atoms with Gasteiger partial charge in [-0.3, -0.25) is 0 Å². The van der Waals surface area contributed by atoms with Gasteiger partial charge < -0.3 is 1.43 Å². The summed E-state index contributed by atoms with van der Waals surface area (Å²) >= 11 is -3.19. The first-order chi connectivity index (χ1) is 1.73. The van der Waals surface area contributed by atoms with Crippen LogP contribution in [-0.2, 0) is 0 Å². The van der Waals surface area contributed by atoms with E-state index in [2.05, 4.69) is 0 Å². The fourth-order valence-electron chi connectivity index (χ4n) is 0. The van der Waals surface area contributed by atoms with Gasteiger partial charge in [0.05, 0.1) is 0 Å². The van der Waals surface area contributed by atoms with E-state index in [1.54, 1.807) is 0 Å². The minimum Gasteiger partial charge on any atom is -1.00 e. The Hall–Kier alpha value is 2.07. The third-order valence-electron chi connectivity index (χ3n) is 0. The first-order valence-corrected chi connectivity index (χ1v) is 3.12. The van der Waals surface area contributed by atoms with Gasteiger partial charge in [-0.2, -0.15) is 0 Å². The number of hydrogen-bond donors (Lipinski definition) is 3. The minimum atomic E-state index is -3.19. The van der Waals surface area contributed by atoms with Crippen molar-refractivity contribution in [3.05, 3.63) is 0 Å². The van der Waals surface area contributed by atoms with Crippen LogP contribution in [0.4, 0.5) is 0 Å². The summed E-state index contributed by atoms with van der Waals surface area (Å²) in [6.45, 7) is 0. The Morgan fingerprint density at radius 2 is 1.20 bits per heavy atom. The average Bonchev–Trinajstić information content (AvgIpc) is 0.811. The second-order valence-electron chi connectivity index (χ2n) is 0.268. The van der Waals surface area contributed by atoms with Gasteiger partial charge in [0, 0.05) is 0 Å². The van der Waals surface area contributed by atoms with E-state index in [0.29, 0.717) is 0 Å². The van der Waals surface area contributed by atoms with Crippen LogP contribution in [0.2, 0.25) is 0 Å². The van der Waals surface area contributed by atoms with Crippen molar-refractivity contribution in [1.82, 2.24) is 0 Å². The molecule has 0 aliphatic heterocycles. The molecular formula is H4AsKO3. The van der Waals surface area contributed by atoms with Crippen molar-refractivity contribution in [2.24, 2.45) is 0 Å². The van der Waals surface area contributed by atoms with Crippen LogP contribution in [0.15, 0.2) is 0 Å². The molecule has 0 aromatic carbocycles. The zero-order chi connectivity index (χ0) is 3.58. The summed E-state index contributed by atoms with van der Waals surface area (Å²) in [6, 6.07) is 0. The van der Waals surface area contributed by atoms with Crippen LogP contribution in [-0.4, -0.2) is 28.0 Å². The van der Waals surface area contributed by atoms with Crippen LogP contribution in [0.25, 0.3) is 0 Å². The van der Waals surface area contributed by atoms with Gasteiger partial charge in [-0.15, -0.1) is 0 Å². The van der Waals surface area contributed by atoms with E-state index in [9.17, 15) is 0 Å². The van der Waals surface area contributed by atoms with Crippen molar-refractivity contribution < 1.29 is 65.1 Å². The maximum Gasteiger partial charge on any atom is 1.00 e. The Balaban J connectivity index is -0.0000000450. The second-order valence-corrected chi connectivity index (χ2v) is 1.39. The van der Waals surface area contributed by atoms with Crippen molar-refractivity contribution >= 4 is 15.7 Å². The number of hydrogen-bond acceptors (Lipinski definition) is 3. The zero-order valence-electron chi connectivity index (χ0n) is 3.79. The van der Waals surface area contributed by atoms with E-state index in [4.69, 9.17) is 12.3 Å². The maximum atomic E-state index is 7.31. The smallest absolute Gasteiger partial charge is 1.00 e. The molecule has 0 amide bonds. The normalized spacial score (nSPS) is 7.20. The first kappa shape index (κ1) is 10.1. The van der Waals surface area contributed by atoms with Crippen LogP contribution < -0.4 is 51.4 Å². The average molecular weight is 166 g/mol. The van der Waals surface area contributed by atoms with Gasteiger partial charge in [0.15, 0.2) is 0 Å². The summed E-state index contributed by atoms with van der Waals surface area (Å²) in [5.74, 6) is 0. The largest absolute Gasteiger partial charge is 1.00 e. The van der Waals surface area contributed by atoms with Gasteiger partial charge in [-0.1, -0.05) is 0 Å². The van der Waals surface area contributed by atoms with Crippen LogP contribution in [0.3, 0.4) is 0 Å². The quantitative estimate of drug-likeness (QED) is 0.316. The summed E-state index contributed by atoms with van der Waals surface area (Å²) in [4.78, 5) is 0. The third kappa shape index (κ3) is 23.4. The Labute approximate surface area is 79.2 Å². The van der Waals surface area contributed by atoms with E-state index in [1.807, 2.05) is 0 Å². The van der Waals surface area contributed by atoms with Crippen molar-refractivity contribution in [2.45, 2.75) is 0 Å². The van der Waals surface area contributed by atoms with Gasteiger partial charge >= 0.3 is 79.3 Å². The van der Waals surface area contributed by atoms with Crippen LogP contribution in [0.5, 0.6) is 0 Å². The molecule has 0 aromatic rings. The minimum absolute atomic E-state index is 0. The van der Waals surface area contributed by atoms with Crippen LogP contribution in [0, 0.1) is 0 Å². The molecule has 0 aliphatic rings. The Morgan fingerprint density at radius 3 is 1.20 bits per heavy atom. The fraction of sp³-hybridized carbons (Fsp3) is 0. The molecule has 5 heteroatoms. The molecule has 0 fully saturated rings. The predicted molar refractivity (Wildman–Crippen MR) is 13.5 cm³/mol. The van der Waals surface area contributed by atoms with E-state index in [0.717, 1.165) is 0 Å². The van der Waals surface area contributed by atoms with Gasteiger partial charge in [0.25, 0.3) is 0 Å². The molecule has 0 bridgehead atoms. The van der Waals surface area contributed by atoms with E-state index < -0.39 is 15.7 Å². The van der Waals surface area contributed by atoms with Gasteiger partial charge in [0.2, 0.25) is 0 Å². The van der Waals surface area contributed by atoms with Gasteiger partial charge in [-0.05, 0) is 0 Å². The van der Waals surface area contributed by atoms with Crippen LogP contribution in [0.1, 0.15) is 1.43 Å². The summed E-state index contributed by atoms with van der Waals surface area (Å²) < 4.78 is 21.9. The van der Waals surface area contributed by atoms with Gasteiger partial charge in [-0.25, -0.2) is 0 Å². The summed E-state index contributed by atoms with van der Waals surface area (Å²) in [5.41, 5.74) is 0. The van der Waals surface area contributed by atoms with Gasteiger partial charge in [0.1, 0.15) is 0 Å². The molecule has 0 rings (SSSR count). The summed E-state index contributed by atoms with van der Waals surface area (Å²) in [6.07, 6.45) is 0. The molecule has 3 nitrogen and oxygen atoms in total. The summed E-state index contributed by atoms with van der Waals surface area (Å²) in [5, 5.41) is 0. The summed E-state index contributed by atoms with van der Waals surface area (Å²) in [7, 11) is 0. The monoisotopic (exact) mass is 166 g/mol. The fourth-order valence-corrected chi connectivity index (χ4v) is 0. The maximum absolute atomic E-state index is 7.31. The topological polar surface area (TPSA) is 60.7 Å². The van der Waals surface area contributed by atoms with Crippen LogP contribution >= 0.6 is 0 Å². The second kappa shape index (κ2) is 6.07. The molecule has 0 saturated heterocycles. The molecule has 0 saturated carbocycles. The molecule has 0 atom stereocenters. The Kier molecular flexibility index (Phi) is 12.3. The molecule has 0 aliphatic carbocycles. The van der Waals surface area contributed by atoms with Crippen molar-refractivity contribution in [3.8, 4) is 0 Å². The standard InChI is InChI=1S/AsH3O3.K.H/c2-1(3)4;;/h2-4H;;/q;+1;-1. The molecule has 28 valence electrons. The molecule has 5 heavy (non-hydrogen) atoms. The van der Waals surface area contributed by atoms with E-state index >= 15 is 0 Å². The molecule has 3 N–H and O–H groups in total. The molecule has 0 unspecified atom stereocenters. The molecule has 0 radical (unpaired) electrons. The van der Waals surface area contributed by atoms with Crippen molar-refractivity contribution in [3.63, 3.8) is 0 Å².